The predicted octanol–water partition coefficient (Wildman–Crippen LogP) is 3.20. The Morgan fingerprint density at radius 2 is 2.06 bits per heavy atom. The minimum atomic E-state index is -4.25. The lowest BCUT2D eigenvalue weighted by atomic mass is 10.2. The molecule has 1 aromatic rings. The molecule has 0 saturated carbocycles. The number of nitrogens with zero attached hydrogens (tertiary/aromatic N) is 1. The molecule has 7 heteroatoms. The van der Waals surface area contributed by atoms with Crippen molar-refractivity contribution in [1.82, 2.24) is 0 Å². The Kier molecular flexibility index (Phi) is 5.16. The Labute approximate surface area is 106 Å². The third-order valence-electron chi connectivity index (χ3n) is 1.90. The highest BCUT2D eigenvalue weighted by molar-refractivity contribution is 8.00. The van der Waals surface area contributed by atoms with Crippen molar-refractivity contribution in [2.24, 2.45) is 0 Å². The first-order valence-electron chi connectivity index (χ1n) is 4.88. The van der Waals surface area contributed by atoms with Crippen LogP contribution in [-0.4, -0.2) is 25.0 Å². The van der Waals surface area contributed by atoms with Crippen molar-refractivity contribution in [3.8, 4) is 17.6 Å². The number of halogens is 3. The van der Waals surface area contributed by atoms with Gasteiger partial charge in [-0.15, -0.1) is 0 Å². The fourth-order valence-corrected chi connectivity index (χ4v) is 1.56. The molecule has 0 amide bonds. The lowest BCUT2D eigenvalue weighted by Gasteiger charge is -2.11. The number of rotatable bonds is 5. The van der Waals surface area contributed by atoms with Gasteiger partial charge in [-0.2, -0.15) is 18.4 Å². The first kappa shape index (κ1) is 14.5. The molecule has 0 aliphatic carbocycles. The van der Waals surface area contributed by atoms with Gasteiger partial charge in [-0.3, -0.25) is 0 Å². The Morgan fingerprint density at radius 1 is 1.33 bits per heavy atom. The predicted molar refractivity (Wildman–Crippen MR) is 61.7 cm³/mol. The molecular weight excluding hydrogens is 267 g/mol. The molecule has 0 saturated heterocycles. The molecule has 0 radical (unpaired) electrons. The average molecular weight is 277 g/mol. The first-order chi connectivity index (χ1) is 8.46. The van der Waals surface area contributed by atoms with Gasteiger partial charge in [0.05, 0.1) is 25.3 Å². The van der Waals surface area contributed by atoms with Gasteiger partial charge in [0.2, 0.25) is 0 Å². The molecule has 0 aliphatic rings. The van der Waals surface area contributed by atoms with Crippen molar-refractivity contribution in [3.63, 3.8) is 0 Å². The van der Waals surface area contributed by atoms with Gasteiger partial charge in [0.1, 0.15) is 0 Å². The van der Waals surface area contributed by atoms with Crippen LogP contribution in [0.15, 0.2) is 18.2 Å². The summed E-state index contributed by atoms with van der Waals surface area (Å²) in [6.07, 6.45) is 0. The summed E-state index contributed by atoms with van der Waals surface area (Å²) < 4.78 is 45.8. The van der Waals surface area contributed by atoms with E-state index >= 15 is 0 Å². The highest BCUT2D eigenvalue weighted by Gasteiger charge is 2.27. The van der Waals surface area contributed by atoms with Crippen molar-refractivity contribution >= 4 is 11.8 Å². The maximum absolute atomic E-state index is 11.9. The second-order valence-electron chi connectivity index (χ2n) is 3.12. The molecule has 0 atom stereocenters. The largest absolute Gasteiger partial charge is 0.493 e. The highest BCUT2D eigenvalue weighted by atomic mass is 32.2. The number of hydrogen-bond donors (Lipinski definition) is 0. The molecule has 0 spiro atoms. The molecule has 0 N–H and O–H groups in total. The lowest BCUT2D eigenvalue weighted by molar-refractivity contribution is -0.0329. The van der Waals surface area contributed by atoms with E-state index in [1.54, 1.807) is 0 Å². The Balaban J connectivity index is 2.55. The number of alkyl halides is 3. The van der Waals surface area contributed by atoms with Crippen LogP contribution in [-0.2, 0) is 0 Å². The van der Waals surface area contributed by atoms with E-state index in [1.807, 2.05) is 6.07 Å². The molecule has 3 nitrogen and oxygen atoms in total. The molecule has 18 heavy (non-hydrogen) atoms. The molecule has 0 bridgehead atoms. The first-order valence-corrected chi connectivity index (χ1v) is 5.86. The van der Waals surface area contributed by atoms with Crippen LogP contribution in [0.1, 0.15) is 5.56 Å². The molecule has 0 unspecified atom stereocenters. The summed E-state index contributed by atoms with van der Waals surface area (Å²) in [5, 5.41) is 8.68. The van der Waals surface area contributed by atoms with Crippen molar-refractivity contribution in [2.75, 3.05) is 19.5 Å². The van der Waals surface area contributed by atoms with Crippen LogP contribution in [0.2, 0.25) is 0 Å². The number of benzene rings is 1. The average Bonchev–Trinajstić information content (AvgIpc) is 2.33. The summed E-state index contributed by atoms with van der Waals surface area (Å²) in [5.41, 5.74) is -3.86. The zero-order valence-corrected chi connectivity index (χ0v) is 10.3. The minimum Gasteiger partial charge on any atom is -0.493 e. The third kappa shape index (κ3) is 4.75. The zero-order chi connectivity index (χ0) is 13.6. The minimum absolute atomic E-state index is 0.0908. The SMILES string of the molecule is COc1cc(C#N)ccc1OCCSC(F)(F)F. The number of hydrogen-bond acceptors (Lipinski definition) is 4. The number of nitriles is 1. The third-order valence-corrected chi connectivity index (χ3v) is 2.60. The van der Waals surface area contributed by atoms with Crippen molar-refractivity contribution in [2.45, 2.75) is 5.51 Å². The van der Waals surface area contributed by atoms with E-state index in [9.17, 15) is 13.2 Å². The van der Waals surface area contributed by atoms with Crippen LogP contribution in [0.4, 0.5) is 13.2 Å². The standard InChI is InChI=1S/C11H10F3NO2S/c1-16-10-6-8(7-15)2-3-9(10)17-4-5-18-11(12,13)14/h2-3,6H,4-5H2,1H3. The summed E-state index contributed by atoms with van der Waals surface area (Å²) in [6, 6.07) is 6.40. The molecule has 0 aliphatic heterocycles. The number of thioether (sulfide) groups is 1. The summed E-state index contributed by atoms with van der Waals surface area (Å²) in [6.45, 7) is -0.0908. The molecule has 0 heterocycles. The molecule has 0 aromatic heterocycles. The van der Waals surface area contributed by atoms with Crippen molar-refractivity contribution < 1.29 is 22.6 Å². The van der Waals surface area contributed by atoms with Crippen molar-refractivity contribution in [1.29, 1.82) is 5.26 Å². The lowest BCUT2D eigenvalue weighted by Crippen LogP contribution is -2.08. The summed E-state index contributed by atoms with van der Waals surface area (Å²) >= 11 is -0.144. The van der Waals surface area contributed by atoms with E-state index in [1.165, 1.54) is 25.3 Å². The monoisotopic (exact) mass is 277 g/mol. The highest BCUT2D eigenvalue weighted by Crippen LogP contribution is 2.31. The summed E-state index contributed by atoms with van der Waals surface area (Å²) in [4.78, 5) is 0. The van der Waals surface area contributed by atoms with Gasteiger partial charge < -0.3 is 9.47 Å². The van der Waals surface area contributed by atoms with Gasteiger partial charge in [0.25, 0.3) is 0 Å². The van der Waals surface area contributed by atoms with Crippen LogP contribution in [0.25, 0.3) is 0 Å². The molecule has 0 fully saturated rings. The second kappa shape index (κ2) is 6.40. The molecule has 1 rings (SSSR count). The van der Waals surface area contributed by atoms with E-state index in [-0.39, 0.29) is 24.1 Å². The van der Waals surface area contributed by atoms with Gasteiger partial charge in [-0.1, -0.05) is 0 Å². The van der Waals surface area contributed by atoms with E-state index in [0.717, 1.165) is 0 Å². The van der Waals surface area contributed by atoms with Gasteiger partial charge in [0.15, 0.2) is 11.5 Å². The smallest absolute Gasteiger partial charge is 0.441 e. The van der Waals surface area contributed by atoms with Crippen LogP contribution in [0, 0.1) is 11.3 Å². The summed E-state index contributed by atoms with van der Waals surface area (Å²) in [7, 11) is 1.40. The Hall–Kier alpha value is -1.55. The van der Waals surface area contributed by atoms with Crippen LogP contribution in [0.3, 0.4) is 0 Å². The second-order valence-corrected chi connectivity index (χ2v) is 4.28. The van der Waals surface area contributed by atoms with Crippen LogP contribution >= 0.6 is 11.8 Å². The van der Waals surface area contributed by atoms with E-state index in [2.05, 4.69) is 0 Å². The van der Waals surface area contributed by atoms with Crippen LogP contribution < -0.4 is 9.47 Å². The molecule has 98 valence electrons. The normalized spacial score (nSPS) is 10.8. The molecular formula is C11H10F3NO2S. The summed E-state index contributed by atoms with van der Waals surface area (Å²) in [5.74, 6) is 0.442. The van der Waals surface area contributed by atoms with E-state index in [0.29, 0.717) is 17.1 Å². The zero-order valence-electron chi connectivity index (χ0n) is 9.45. The number of methoxy groups -OCH3 is 1. The topological polar surface area (TPSA) is 42.2 Å². The van der Waals surface area contributed by atoms with Gasteiger partial charge >= 0.3 is 5.51 Å². The van der Waals surface area contributed by atoms with E-state index in [4.69, 9.17) is 14.7 Å². The molecule has 1 aromatic carbocycles. The Bertz CT molecular complexity index is 443. The number of ether oxygens (including phenoxy) is 2. The van der Waals surface area contributed by atoms with Crippen molar-refractivity contribution in [3.05, 3.63) is 23.8 Å². The van der Waals surface area contributed by atoms with E-state index < -0.39 is 5.51 Å². The van der Waals surface area contributed by atoms with Gasteiger partial charge in [0, 0.05) is 11.8 Å². The Morgan fingerprint density at radius 3 is 2.61 bits per heavy atom. The van der Waals surface area contributed by atoms with Crippen LogP contribution in [0.5, 0.6) is 11.5 Å². The fourth-order valence-electron chi connectivity index (χ4n) is 1.17. The van der Waals surface area contributed by atoms with Gasteiger partial charge in [-0.25, -0.2) is 0 Å². The quantitative estimate of drug-likeness (QED) is 0.775. The van der Waals surface area contributed by atoms with Gasteiger partial charge in [-0.05, 0) is 23.9 Å². The maximum atomic E-state index is 11.9. The maximum Gasteiger partial charge on any atom is 0.441 e. The fraction of sp³-hybridized carbons (Fsp3) is 0.364.